The first-order valence-electron chi connectivity index (χ1n) is 6.77. The number of nitrogens with one attached hydrogen (secondary N) is 1. The third kappa shape index (κ3) is 3.13. The maximum Gasteiger partial charge on any atom is 0.339 e. The largest absolute Gasteiger partial charge is 0.465 e. The molecule has 0 aromatic carbocycles. The molecule has 0 radical (unpaired) electrons. The van der Waals surface area contributed by atoms with Gasteiger partial charge in [0.15, 0.2) is 0 Å². The molecule has 1 N–H and O–H groups in total. The fourth-order valence-electron chi connectivity index (χ4n) is 2.06. The number of esters is 1. The van der Waals surface area contributed by atoms with Gasteiger partial charge in [0.05, 0.1) is 24.9 Å². The van der Waals surface area contributed by atoms with E-state index in [2.05, 4.69) is 20.1 Å². The van der Waals surface area contributed by atoms with Crippen LogP contribution in [0.4, 0.5) is 0 Å². The molecule has 2 rings (SSSR count). The summed E-state index contributed by atoms with van der Waals surface area (Å²) in [5.41, 5.74) is 2.47. The number of hydrogen-bond donors (Lipinski definition) is 1. The van der Waals surface area contributed by atoms with E-state index in [1.165, 1.54) is 25.4 Å². The zero-order valence-corrected chi connectivity index (χ0v) is 13.0. The van der Waals surface area contributed by atoms with E-state index >= 15 is 0 Å². The van der Waals surface area contributed by atoms with Gasteiger partial charge in [-0.25, -0.2) is 4.79 Å². The lowest BCUT2D eigenvalue weighted by Crippen LogP contribution is -2.27. The Labute approximate surface area is 128 Å². The number of nitrogens with zero attached hydrogens (tertiary/aromatic N) is 3. The summed E-state index contributed by atoms with van der Waals surface area (Å²) >= 11 is 0. The van der Waals surface area contributed by atoms with Gasteiger partial charge in [0.25, 0.3) is 5.91 Å². The van der Waals surface area contributed by atoms with Crippen LogP contribution in [0.1, 0.15) is 45.1 Å². The molecule has 0 spiro atoms. The molecular formula is C15H18N4O3. The summed E-state index contributed by atoms with van der Waals surface area (Å²) in [6, 6.07) is 2.81. The number of aromatic nitrogens is 3. The SMILES string of the molecule is COC(=O)c1ccc(C(=O)N[C@@H](C)c2cnn(C)c2C)nc1. The van der Waals surface area contributed by atoms with Crippen LogP contribution in [0, 0.1) is 6.92 Å². The molecule has 0 aliphatic heterocycles. The van der Waals surface area contributed by atoms with E-state index in [1.54, 1.807) is 10.9 Å². The van der Waals surface area contributed by atoms with Gasteiger partial charge in [-0.2, -0.15) is 5.10 Å². The molecule has 0 saturated heterocycles. The first kappa shape index (κ1) is 15.7. The van der Waals surface area contributed by atoms with Crippen LogP contribution in [0.3, 0.4) is 0 Å². The average molecular weight is 302 g/mol. The molecule has 0 aliphatic carbocycles. The average Bonchev–Trinajstić information content (AvgIpc) is 2.86. The molecular weight excluding hydrogens is 284 g/mol. The van der Waals surface area contributed by atoms with Gasteiger partial charge in [0.2, 0.25) is 0 Å². The number of amides is 1. The van der Waals surface area contributed by atoms with Gasteiger partial charge >= 0.3 is 5.97 Å². The van der Waals surface area contributed by atoms with Crippen molar-refractivity contribution in [2.75, 3.05) is 7.11 Å². The Morgan fingerprint density at radius 2 is 2.05 bits per heavy atom. The summed E-state index contributed by atoms with van der Waals surface area (Å²) in [7, 11) is 3.14. The quantitative estimate of drug-likeness (QED) is 0.863. The minimum Gasteiger partial charge on any atom is -0.465 e. The monoisotopic (exact) mass is 302 g/mol. The lowest BCUT2D eigenvalue weighted by Gasteiger charge is -2.13. The van der Waals surface area contributed by atoms with Gasteiger partial charge in [-0.1, -0.05) is 0 Å². The molecule has 1 amide bonds. The van der Waals surface area contributed by atoms with E-state index in [-0.39, 0.29) is 17.6 Å². The topological polar surface area (TPSA) is 86.1 Å². The van der Waals surface area contributed by atoms with E-state index in [0.29, 0.717) is 5.56 Å². The second-order valence-corrected chi connectivity index (χ2v) is 4.93. The molecule has 22 heavy (non-hydrogen) atoms. The summed E-state index contributed by atoms with van der Waals surface area (Å²) in [5.74, 6) is -0.800. The number of carbonyl (C=O) groups excluding carboxylic acids is 2. The van der Waals surface area contributed by atoms with Gasteiger partial charge in [-0.05, 0) is 26.0 Å². The van der Waals surface area contributed by atoms with Gasteiger partial charge in [-0.15, -0.1) is 0 Å². The van der Waals surface area contributed by atoms with Crippen molar-refractivity contribution >= 4 is 11.9 Å². The fraction of sp³-hybridized carbons (Fsp3) is 0.333. The minimum absolute atomic E-state index is 0.191. The van der Waals surface area contributed by atoms with E-state index in [0.717, 1.165) is 11.3 Å². The van der Waals surface area contributed by atoms with Crippen LogP contribution in [0.5, 0.6) is 0 Å². The van der Waals surface area contributed by atoms with E-state index in [4.69, 9.17) is 0 Å². The molecule has 116 valence electrons. The highest BCUT2D eigenvalue weighted by molar-refractivity contribution is 5.94. The Bertz CT molecular complexity index is 691. The molecule has 2 aromatic heterocycles. The number of pyridine rings is 1. The maximum atomic E-state index is 12.2. The van der Waals surface area contributed by atoms with Crippen LogP contribution in [0.2, 0.25) is 0 Å². The van der Waals surface area contributed by atoms with Crippen molar-refractivity contribution < 1.29 is 14.3 Å². The molecule has 1 atom stereocenters. The van der Waals surface area contributed by atoms with Crippen LogP contribution in [-0.2, 0) is 11.8 Å². The van der Waals surface area contributed by atoms with Crippen molar-refractivity contribution in [1.82, 2.24) is 20.1 Å². The van der Waals surface area contributed by atoms with Crippen LogP contribution in [0.25, 0.3) is 0 Å². The highest BCUT2D eigenvalue weighted by Gasteiger charge is 2.16. The third-order valence-electron chi connectivity index (χ3n) is 3.50. The Morgan fingerprint density at radius 3 is 2.55 bits per heavy atom. The standard InChI is InChI=1S/C15H18N4O3/c1-9(12-8-17-19(3)10(12)2)18-14(20)13-6-5-11(7-16-13)15(21)22-4/h5-9H,1-4H3,(H,18,20)/t9-/m0/s1. The van der Waals surface area contributed by atoms with Gasteiger partial charge in [0.1, 0.15) is 5.69 Å². The van der Waals surface area contributed by atoms with E-state index in [9.17, 15) is 9.59 Å². The number of carbonyl (C=O) groups is 2. The fourth-order valence-corrected chi connectivity index (χ4v) is 2.06. The third-order valence-corrected chi connectivity index (χ3v) is 3.50. The molecule has 2 heterocycles. The second-order valence-electron chi connectivity index (χ2n) is 4.93. The molecule has 0 aliphatic rings. The minimum atomic E-state index is -0.487. The van der Waals surface area contributed by atoms with Crippen molar-refractivity contribution in [2.45, 2.75) is 19.9 Å². The second kappa shape index (κ2) is 6.38. The summed E-state index contributed by atoms with van der Waals surface area (Å²) in [6.45, 7) is 3.82. The molecule has 7 heteroatoms. The number of rotatable bonds is 4. The summed E-state index contributed by atoms with van der Waals surface area (Å²) in [5, 5.41) is 7.01. The highest BCUT2D eigenvalue weighted by atomic mass is 16.5. The number of hydrogen-bond acceptors (Lipinski definition) is 5. The number of aryl methyl sites for hydroxylation is 1. The van der Waals surface area contributed by atoms with Crippen molar-refractivity contribution in [2.24, 2.45) is 7.05 Å². The Hall–Kier alpha value is -2.70. The van der Waals surface area contributed by atoms with Gasteiger partial charge in [0, 0.05) is 24.5 Å². The van der Waals surface area contributed by atoms with Crippen LogP contribution < -0.4 is 5.32 Å². The first-order valence-corrected chi connectivity index (χ1v) is 6.77. The highest BCUT2D eigenvalue weighted by Crippen LogP contribution is 2.16. The predicted molar refractivity (Wildman–Crippen MR) is 79.4 cm³/mol. The summed E-state index contributed by atoms with van der Waals surface area (Å²) in [4.78, 5) is 27.5. The number of methoxy groups -OCH3 is 1. The molecule has 7 nitrogen and oxygen atoms in total. The smallest absolute Gasteiger partial charge is 0.339 e. The molecule has 2 aromatic rings. The van der Waals surface area contributed by atoms with Gasteiger partial charge in [-0.3, -0.25) is 14.5 Å². The van der Waals surface area contributed by atoms with Crippen molar-refractivity contribution in [3.63, 3.8) is 0 Å². The Balaban J connectivity index is 2.09. The zero-order valence-electron chi connectivity index (χ0n) is 13.0. The molecule has 0 saturated carbocycles. The van der Waals surface area contributed by atoms with E-state index in [1.807, 2.05) is 20.9 Å². The van der Waals surface area contributed by atoms with Crippen molar-refractivity contribution in [1.29, 1.82) is 0 Å². The Morgan fingerprint density at radius 1 is 1.32 bits per heavy atom. The van der Waals surface area contributed by atoms with Crippen LogP contribution in [0.15, 0.2) is 24.5 Å². The predicted octanol–water partition coefficient (Wildman–Crippen LogP) is 1.40. The molecule has 0 unspecified atom stereocenters. The lowest BCUT2D eigenvalue weighted by molar-refractivity contribution is 0.0599. The molecule has 0 bridgehead atoms. The lowest BCUT2D eigenvalue weighted by atomic mass is 10.1. The molecule has 0 fully saturated rings. The van der Waals surface area contributed by atoms with Gasteiger partial charge < -0.3 is 10.1 Å². The summed E-state index contributed by atoms with van der Waals surface area (Å²) in [6.07, 6.45) is 3.05. The first-order chi connectivity index (χ1) is 10.4. The van der Waals surface area contributed by atoms with Crippen molar-refractivity contribution in [3.05, 3.63) is 47.0 Å². The Kier molecular flexibility index (Phi) is 4.55. The maximum absolute atomic E-state index is 12.2. The summed E-state index contributed by atoms with van der Waals surface area (Å²) < 4.78 is 6.34. The van der Waals surface area contributed by atoms with Crippen LogP contribution >= 0.6 is 0 Å². The zero-order chi connectivity index (χ0) is 16.3. The van der Waals surface area contributed by atoms with Crippen molar-refractivity contribution in [3.8, 4) is 0 Å². The number of ether oxygens (including phenoxy) is 1. The van der Waals surface area contributed by atoms with Crippen LogP contribution in [-0.4, -0.2) is 33.8 Å². The van der Waals surface area contributed by atoms with E-state index < -0.39 is 5.97 Å². The normalized spacial score (nSPS) is 11.8.